The Bertz CT molecular complexity index is 76.4. The van der Waals surface area contributed by atoms with E-state index in [1.165, 1.54) is 0 Å². The van der Waals surface area contributed by atoms with Crippen LogP contribution in [0.1, 0.15) is 0 Å². The van der Waals surface area contributed by atoms with E-state index in [1.54, 1.807) is 0 Å². The molecule has 0 unspecified atom stereocenters. The number of hydrogen-bond acceptors (Lipinski definition) is 2. The van der Waals surface area contributed by atoms with Crippen LogP contribution >= 0.6 is 34.2 Å². The van der Waals surface area contributed by atoms with Gasteiger partial charge in [-0.25, -0.2) is 0 Å². The summed E-state index contributed by atoms with van der Waals surface area (Å²) in [7, 11) is 0. The summed E-state index contributed by atoms with van der Waals surface area (Å²) in [6.07, 6.45) is 0. The number of alkyl halides is 2. The maximum atomic E-state index is 10.2. The molecule has 0 bridgehead atoms. The minimum absolute atomic E-state index is 0.0450. The number of esters is 1. The van der Waals surface area contributed by atoms with E-state index in [9.17, 15) is 4.79 Å². The van der Waals surface area contributed by atoms with Crippen LogP contribution in [-0.2, 0) is 9.53 Å². The molecule has 0 aromatic heterocycles. The molecule has 0 heterocycles. The number of hydrogen-bond donors (Lipinski definition) is 0. The summed E-state index contributed by atoms with van der Waals surface area (Å²) in [5, 5.41) is 0. The number of carbonyl (C=O) groups excluding carboxylic acids is 1. The van der Waals surface area contributed by atoms with Crippen LogP contribution in [0, 0.1) is 0 Å². The van der Waals surface area contributed by atoms with E-state index < -0.39 is 0 Å². The molecule has 0 saturated carbocycles. The Balaban J connectivity index is 2.99. The fourth-order valence-electron chi connectivity index (χ4n) is 0.191. The highest BCUT2D eigenvalue weighted by molar-refractivity contribution is 14.1. The van der Waals surface area contributed by atoms with E-state index in [1.807, 2.05) is 0 Å². The second-order valence-corrected chi connectivity index (χ2v) is 2.39. The summed E-state index contributed by atoms with van der Waals surface area (Å²) < 4.78 is 5.38. The highest BCUT2D eigenvalue weighted by atomic mass is 127. The third kappa shape index (κ3) is 4.64. The maximum absolute atomic E-state index is 10.2. The predicted octanol–water partition coefficient (Wildman–Crippen LogP) is 1.20. The zero-order chi connectivity index (χ0) is 6.41. The molecule has 0 saturated heterocycles. The van der Waals surface area contributed by atoms with Gasteiger partial charge >= 0.3 is 5.97 Å². The molecule has 0 fully saturated rings. The topological polar surface area (TPSA) is 26.3 Å². The molecular formula is C4H6ClIO2. The minimum Gasteiger partial charge on any atom is -0.464 e. The van der Waals surface area contributed by atoms with Gasteiger partial charge in [-0.3, -0.25) is 4.79 Å². The van der Waals surface area contributed by atoms with Crippen molar-refractivity contribution in [3.63, 3.8) is 0 Å². The van der Waals surface area contributed by atoms with Crippen molar-refractivity contribution in [3.05, 3.63) is 0 Å². The van der Waals surface area contributed by atoms with Crippen molar-refractivity contribution in [1.82, 2.24) is 0 Å². The monoisotopic (exact) mass is 248 g/mol. The van der Waals surface area contributed by atoms with Crippen LogP contribution in [0.15, 0.2) is 0 Å². The lowest BCUT2D eigenvalue weighted by molar-refractivity contribution is -0.139. The molecule has 0 radical (unpaired) electrons. The number of ether oxygens (including phenoxy) is 1. The van der Waals surface area contributed by atoms with E-state index in [-0.39, 0.29) is 11.8 Å². The van der Waals surface area contributed by atoms with Gasteiger partial charge in [-0.15, -0.1) is 11.6 Å². The molecule has 0 aliphatic carbocycles. The summed E-state index contributed by atoms with van der Waals surface area (Å²) in [6.45, 7) is 0.464. The van der Waals surface area contributed by atoms with Crippen molar-refractivity contribution in [2.75, 3.05) is 16.9 Å². The molecular weight excluding hydrogens is 242 g/mol. The summed E-state index contributed by atoms with van der Waals surface area (Å²) in [5.41, 5.74) is 0. The van der Waals surface area contributed by atoms with Gasteiger partial charge in [-0.2, -0.15) is 0 Å². The Labute approximate surface area is 66.7 Å². The third-order valence-electron chi connectivity index (χ3n) is 0.449. The fraction of sp³-hybridized carbons (Fsp3) is 0.750. The fourth-order valence-corrected chi connectivity index (χ4v) is 0.488. The number of halogens is 2. The Kier molecular flexibility index (Phi) is 5.97. The molecule has 48 valence electrons. The highest BCUT2D eigenvalue weighted by Gasteiger charge is 1.95. The Hall–Kier alpha value is 0.490. The lowest BCUT2D eigenvalue weighted by Crippen LogP contribution is -2.06. The smallest absolute Gasteiger partial charge is 0.320 e. The molecule has 0 aliphatic heterocycles. The first kappa shape index (κ1) is 8.49. The molecule has 0 spiro atoms. The Morgan fingerprint density at radius 2 is 2.38 bits per heavy atom. The Morgan fingerprint density at radius 1 is 1.75 bits per heavy atom. The van der Waals surface area contributed by atoms with Gasteiger partial charge in [-0.1, -0.05) is 22.6 Å². The van der Waals surface area contributed by atoms with Gasteiger partial charge in [0, 0.05) is 4.43 Å². The molecule has 0 atom stereocenters. The van der Waals surface area contributed by atoms with E-state index in [2.05, 4.69) is 27.3 Å². The van der Waals surface area contributed by atoms with E-state index >= 15 is 0 Å². The van der Waals surface area contributed by atoms with Crippen molar-refractivity contribution in [2.45, 2.75) is 0 Å². The minimum atomic E-state index is -0.344. The van der Waals surface area contributed by atoms with Crippen molar-refractivity contribution in [3.8, 4) is 0 Å². The summed E-state index contributed by atoms with van der Waals surface area (Å²) in [6, 6.07) is 0. The van der Waals surface area contributed by atoms with Crippen LogP contribution in [0.3, 0.4) is 0 Å². The standard InChI is InChI=1S/C4H6ClIO2/c5-3-4(7)8-2-1-6/h1-3H2. The molecule has 0 aromatic carbocycles. The number of carbonyl (C=O) groups is 1. The van der Waals surface area contributed by atoms with Crippen LogP contribution < -0.4 is 0 Å². The molecule has 0 aliphatic rings. The average Bonchev–Trinajstić information content (AvgIpc) is 1.83. The van der Waals surface area contributed by atoms with Crippen molar-refractivity contribution in [1.29, 1.82) is 0 Å². The van der Waals surface area contributed by atoms with Crippen molar-refractivity contribution >= 4 is 40.2 Å². The quantitative estimate of drug-likeness (QED) is 0.426. The van der Waals surface area contributed by atoms with Crippen LogP contribution in [0.25, 0.3) is 0 Å². The first-order valence-electron chi connectivity index (χ1n) is 2.08. The zero-order valence-corrected chi connectivity index (χ0v) is 7.11. The van der Waals surface area contributed by atoms with Crippen LogP contribution in [0.2, 0.25) is 0 Å². The molecule has 8 heavy (non-hydrogen) atoms. The van der Waals surface area contributed by atoms with Gasteiger partial charge in [0.1, 0.15) is 12.5 Å². The van der Waals surface area contributed by atoms with Crippen LogP contribution in [0.4, 0.5) is 0 Å². The van der Waals surface area contributed by atoms with Crippen LogP contribution in [-0.4, -0.2) is 22.9 Å². The maximum Gasteiger partial charge on any atom is 0.320 e. The molecule has 0 rings (SSSR count). The van der Waals surface area contributed by atoms with E-state index in [4.69, 9.17) is 11.6 Å². The van der Waals surface area contributed by atoms with Gasteiger partial charge in [0.15, 0.2) is 0 Å². The van der Waals surface area contributed by atoms with Crippen molar-refractivity contribution in [2.24, 2.45) is 0 Å². The second kappa shape index (κ2) is 5.62. The van der Waals surface area contributed by atoms with Gasteiger partial charge in [-0.05, 0) is 0 Å². The molecule has 4 heteroatoms. The van der Waals surface area contributed by atoms with Crippen LogP contribution in [0.5, 0.6) is 0 Å². The lowest BCUT2D eigenvalue weighted by Gasteiger charge is -1.95. The summed E-state index contributed by atoms with van der Waals surface area (Å²) in [4.78, 5) is 10.2. The number of rotatable bonds is 3. The predicted molar refractivity (Wildman–Crippen MR) is 40.6 cm³/mol. The van der Waals surface area contributed by atoms with Gasteiger partial charge in [0.25, 0.3) is 0 Å². The first-order valence-corrected chi connectivity index (χ1v) is 4.15. The molecule has 0 amide bonds. The average molecular weight is 248 g/mol. The largest absolute Gasteiger partial charge is 0.464 e. The Morgan fingerprint density at radius 3 is 2.75 bits per heavy atom. The third-order valence-corrected chi connectivity index (χ3v) is 1.11. The summed E-state index contributed by atoms with van der Waals surface area (Å²) in [5.74, 6) is -0.389. The normalized spacial score (nSPS) is 8.75. The molecule has 0 N–H and O–H groups in total. The van der Waals surface area contributed by atoms with Gasteiger partial charge in [0.05, 0.1) is 0 Å². The lowest BCUT2D eigenvalue weighted by atomic mass is 10.8. The first-order chi connectivity index (χ1) is 3.81. The second-order valence-electron chi connectivity index (χ2n) is 1.04. The zero-order valence-electron chi connectivity index (χ0n) is 4.19. The van der Waals surface area contributed by atoms with E-state index in [0.29, 0.717) is 6.61 Å². The van der Waals surface area contributed by atoms with Crippen molar-refractivity contribution < 1.29 is 9.53 Å². The highest BCUT2D eigenvalue weighted by Crippen LogP contribution is 1.85. The SMILES string of the molecule is O=C(CCl)OCCI. The molecule has 2 nitrogen and oxygen atoms in total. The summed E-state index contributed by atoms with van der Waals surface area (Å²) >= 11 is 7.23. The molecule has 0 aromatic rings. The van der Waals surface area contributed by atoms with Gasteiger partial charge < -0.3 is 4.74 Å². The van der Waals surface area contributed by atoms with Gasteiger partial charge in [0.2, 0.25) is 0 Å². The van der Waals surface area contributed by atoms with E-state index in [0.717, 1.165) is 4.43 Å².